The van der Waals surface area contributed by atoms with Crippen molar-refractivity contribution >= 4 is 11.8 Å². The van der Waals surface area contributed by atoms with Gasteiger partial charge in [0, 0.05) is 58.9 Å². The van der Waals surface area contributed by atoms with Crippen LogP contribution in [0.5, 0.6) is 0 Å². The number of carbonyl (C=O) groups is 2. The van der Waals surface area contributed by atoms with E-state index in [0.717, 1.165) is 13.1 Å². The van der Waals surface area contributed by atoms with E-state index < -0.39 is 5.41 Å². The van der Waals surface area contributed by atoms with Crippen molar-refractivity contribution in [3.8, 4) is 0 Å². The molecular formula is C22H26N4O2. The molecule has 2 fully saturated rings. The molecule has 0 spiro atoms. The largest absolute Gasteiger partial charge is 0.348 e. The van der Waals surface area contributed by atoms with Crippen LogP contribution in [0.3, 0.4) is 0 Å². The van der Waals surface area contributed by atoms with Crippen LogP contribution in [0.4, 0.5) is 0 Å². The number of rotatable bonds is 4. The van der Waals surface area contributed by atoms with E-state index in [-0.39, 0.29) is 17.7 Å². The van der Waals surface area contributed by atoms with Crippen LogP contribution in [0.15, 0.2) is 54.7 Å². The number of aromatic nitrogens is 1. The van der Waals surface area contributed by atoms with E-state index in [9.17, 15) is 9.59 Å². The van der Waals surface area contributed by atoms with E-state index in [2.05, 4.69) is 22.0 Å². The molecule has 0 aliphatic carbocycles. The molecule has 0 radical (unpaired) electrons. The Bertz CT molecular complexity index is 855. The van der Waals surface area contributed by atoms with Gasteiger partial charge < -0.3 is 9.80 Å². The van der Waals surface area contributed by atoms with Crippen molar-refractivity contribution in [3.63, 3.8) is 0 Å². The van der Waals surface area contributed by atoms with Crippen LogP contribution in [0.2, 0.25) is 0 Å². The van der Waals surface area contributed by atoms with Crippen molar-refractivity contribution in [1.82, 2.24) is 19.7 Å². The third kappa shape index (κ3) is 3.29. The summed E-state index contributed by atoms with van der Waals surface area (Å²) in [6.45, 7) is 3.37. The molecule has 2 atom stereocenters. The molecule has 146 valence electrons. The molecule has 2 aromatic rings. The summed E-state index contributed by atoms with van der Waals surface area (Å²) >= 11 is 0. The number of fused-ring (bicyclic) bond motifs is 1. The van der Waals surface area contributed by atoms with Gasteiger partial charge in [-0.2, -0.15) is 0 Å². The number of amides is 2. The Hall–Kier alpha value is -2.73. The molecule has 1 aromatic carbocycles. The van der Waals surface area contributed by atoms with Gasteiger partial charge in [-0.05, 0) is 17.7 Å². The Morgan fingerprint density at radius 3 is 2.50 bits per heavy atom. The average molecular weight is 378 g/mol. The Morgan fingerprint density at radius 2 is 1.82 bits per heavy atom. The monoisotopic (exact) mass is 378 g/mol. The van der Waals surface area contributed by atoms with Crippen LogP contribution < -0.4 is 0 Å². The molecule has 2 aliphatic heterocycles. The van der Waals surface area contributed by atoms with Crippen molar-refractivity contribution in [2.45, 2.75) is 6.54 Å². The SMILES string of the molecule is CN(C)C(=O)C12CN(Cc3ccccc3)CC1CN(C(=O)c1ccccn1)C2. The van der Waals surface area contributed by atoms with Gasteiger partial charge in [-0.25, -0.2) is 0 Å². The fourth-order valence-electron chi connectivity index (χ4n) is 4.69. The maximum absolute atomic E-state index is 13.2. The summed E-state index contributed by atoms with van der Waals surface area (Å²) in [5.41, 5.74) is 1.15. The van der Waals surface area contributed by atoms with E-state index >= 15 is 0 Å². The van der Waals surface area contributed by atoms with Crippen LogP contribution in [0.1, 0.15) is 16.1 Å². The maximum atomic E-state index is 13.2. The first kappa shape index (κ1) is 18.6. The van der Waals surface area contributed by atoms with Crippen LogP contribution in [0.25, 0.3) is 0 Å². The van der Waals surface area contributed by atoms with Gasteiger partial charge in [-0.1, -0.05) is 36.4 Å². The van der Waals surface area contributed by atoms with Crippen LogP contribution in [-0.2, 0) is 11.3 Å². The highest BCUT2D eigenvalue weighted by Crippen LogP contribution is 2.44. The van der Waals surface area contributed by atoms with Crippen LogP contribution in [-0.4, -0.2) is 71.8 Å². The highest BCUT2D eigenvalue weighted by Gasteiger charge is 2.58. The van der Waals surface area contributed by atoms with Crippen LogP contribution in [0, 0.1) is 11.3 Å². The number of carbonyl (C=O) groups excluding carboxylic acids is 2. The van der Waals surface area contributed by atoms with Crippen molar-refractivity contribution in [2.75, 3.05) is 40.3 Å². The summed E-state index contributed by atoms with van der Waals surface area (Å²) < 4.78 is 0. The minimum absolute atomic E-state index is 0.0875. The first-order valence-electron chi connectivity index (χ1n) is 9.68. The number of hydrogen-bond acceptors (Lipinski definition) is 4. The van der Waals surface area contributed by atoms with Crippen molar-refractivity contribution in [3.05, 3.63) is 66.0 Å². The summed E-state index contributed by atoms with van der Waals surface area (Å²) in [5, 5.41) is 0. The number of likely N-dealkylation sites (tertiary alicyclic amines) is 2. The fourth-order valence-corrected chi connectivity index (χ4v) is 4.69. The number of nitrogens with zero attached hydrogens (tertiary/aromatic N) is 4. The molecule has 2 amide bonds. The summed E-state index contributed by atoms with van der Waals surface area (Å²) in [6.07, 6.45) is 1.63. The summed E-state index contributed by atoms with van der Waals surface area (Å²) in [7, 11) is 3.61. The molecule has 4 rings (SSSR count). The molecule has 0 bridgehead atoms. The van der Waals surface area contributed by atoms with E-state index in [0.29, 0.717) is 25.3 Å². The first-order chi connectivity index (χ1) is 13.5. The topological polar surface area (TPSA) is 56.8 Å². The number of benzene rings is 1. The predicted octanol–water partition coefficient (Wildman–Crippen LogP) is 1.74. The molecule has 2 saturated heterocycles. The van der Waals surface area contributed by atoms with E-state index in [1.807, 2.05) is 29.2 Å². The molecule has 2 unspecified atom stereocenters. The predicted molar refractivity (Wildman–Crippen MR) is 106 cm³/mol. The summed E-state index contributed by atoms with van der Waals surface area (Å²) in [5.74, 6) is 0.165. The third-order valence-corrected chi connectivity index (χ3v) is 5.93. The zero-order valence-electron chi connectivity index (χ0n) is 16.4. The maximum Gasteiger partial charge on any atom is 0.272 e. The van der Waals surface area contributed by atoms with Gasteiger partial charge in [0.25, 0.3) is 5.91 Å². The van der Waals surface area contributed by atoms with Gasteiger partial charge in [0.15, 0.2) is 0 Å². The quantitative estimate of drug-likeness (QED) is 0.813. The Labute approximate surface area is 165 Å². The van der Waals surface area contributed by atoms with Gasteiger partial charge in [0.1, 0.15) is 5.69 Å². The Balaban J connectivity index is 1.55. The van der Waals surface area contributed by atoms with Crippen molar-refractivity contribution in [1.29, 1.82) is 0 Å². The van der Waals surface area contributed by atoms with E-state index in [1.54, 1.807) is 37.3 Å². The Kier molecular flexibility index (Phi) is 4.89. The molecule has 28 heavy (non-hydrogen) atoms. The lowest BCUT2D eigenvalue weighted by atomic mass is 9.80. The van der Waals surface area contributed by atoms with Gasteiger partial charge >= 0.3 is 0 Å². The van der Waals surface area contributed by atoms with Gasteiger partial charge in [0.05, 0.1) is 5.41 Å². The normalized spacial score (nSPS) is 24.2. The van der Waals surface area contributed by atoms with Gasteiger partial charge in [0.2, 0.25) is 5.91 Å². The second-order valence-electron chi connectivity index (χ2n) is 8.11. The molecule has 2 aliphatic rings. The smallest absolute Gasteiger partial charge is 0.272 e. The van der Waals surface area contributed by atoms with Gasteiger partial charge in [-0.15, -0.1) is 0 Å². The molecule has 1 aromatic heterocycles. The zero-order valence-corrected chi connectivity index (χ0v) is 16.4. The minimum atomic E-state index is -0.539. The standard InChI is InChI=1S/C22H26N4O2/c1-24(2)21(28)22-15-25(12-17-8-4-3-5-9-17)13-18(22)14-26(16-22)20(27)19-10-6-7-11-23-19/h3-11,18H,12-16H2,1-2H3. The van der Waals surface area contributed by atoms with E-state index in [1.165, 1.54) is 5.56 Å². The van der Waals surface area contributed by atoms with Crippen molar-refractivity contribution in [2.24, 2.45) is 11.3 Å². The lowest BCUT2D eigenvalue weighted by Crippen LogP contribution is -2.47. The molecule has 0 N–H and O–H groups in total. The average Bonchev–Trinajstić information content (AvgIpc) is 3.23. The second-order valence-corrected chi connectivity index (χ2v) is 8.11. The molecular weight excluding hydrogens is 352 g/mol. The highest BCUT2D eigenvalue weighted by molar-refractivity contribution is 5.94. The highest BCUT2D eigenvalue weighted by atomic mass is 16.2. The van der Waals surface area contributed by atoms with E-state index in [4.69, 9.17) is 0 Å². The summed E-state index contributed by atoms with van der Waals surface area (Å²) in [6, 6.07) is 15.7. The molecule has 0 saturated carbocycles. The third-order valence-electron chi connectivity index (χ3n) is 5.93. The lowest BCUT2D eigenvalue weighted by molar-refractivity contribution is -0.139. The zero-order chi connectivity index (χ0) is 19.7. The Morgan fingerprint density at radius 1 is 1.07 bits per heavy atom. The summed E-state index contributed by atoms with van der Waals surface area (Å²) in [4.78, 5) is 36.1. The van der Waals surface area contributed by atoms with Crippen molar-refractivity contribution < 1.29 is 9.59 Å². The number of hydrogen-bond donors (Lipinski definition) is 0. The first-order valence-corrected chi connectivity index (χ1v) is 9.68. The van der Waals surface area contributed by atoms with Crippen LogP contribution >= 0.6 is 0 Å². The molecule has 6 nitrogen and oxygen atoms in total. The molecule has 6 heteroatoms. The molecule has 3 heterocycles. The second kappa shape index (κ2) is 7.36. The lowest BCUT2D eigenvalue weighted by Gasteiger charge is -2.31. The fraction of sp³-hybridized carbons (Fsp3) is 0.409. The minimum Gasteiger partial charge on any atom is -0.348 e. The van der Waals surface area contributed by atoms with Gasteiger partial charge in [-0.3, -0.25) is 19.5 Å². The number of pyridine rings is 1.